The van der Waals surface area contributed by atoms with Crippen LogP contribution in [-0.4, -0.2) is 0 Å². The molecular weight excluding hydrogens is 243 g/mol. The molecule has 0 heterocycles. The van der Waals surface area contributed by atoms with Gasteiger partial charge in [0.05, 0.1) is 5.39 Å². The second-order valence-electron chi connectivity index (χ2n) is 3.20. The SMILES string of the molecule is S=P(Cl)(c1ccccc1)c1ccccc1. The molecule has 0 bridgehead atoms. The molecule has 0 radical (unpaired) electrons. The third kappa shape index (κ3) is 2.31. The van der Waals surface area contributed by atoms with Gasteiger partial charge < -0.3 is 0 Å². The minimum absolute atomic E-state index is 1.05. The fourth-order valence-electron chi connectivity index (χ4n) is 1.39. The first-order valence-corrected chi connectivity index (χ1v) is 8.33. The Hall–Kier alpha value is -0.620. The van der Waals surface area contributed by atoms with Gasteiger partial charge >= 0.3 is 0 Å². The third-order valence-electron chi connectivity index (χ3n) is 2.18. The third-order valence-corrected chi connectivity index (χ3v) is 6.54. The standard InChI is InChI=1S/C12H10ClPS/c13-14(15,11-7-3-1-4-8-11)12-9-5-2-6-10-12/h1-10H. The molecule has 2 aromatic carbocycles. The van der Waals surface area contributed by atoms with Crippen molar-refractivity contribution in [3.8, 4) is 0 Å². The molecule has 0 saturated heterocycles. The van der Waals surface area contributed by atoms with E-state index in [0.717, 1.165) is 10.6 Å². The minimum Gasteiger partial charge on any atom is -0.0755 e. The largest absolute Gasteiger partial charge is 0.0930 e. The highest BCUT2D eigenvalue weighted by Crippen LogP contribution is 2.48. The molecule has 0 amide bonds. The van der Waals surface area contributed by atoms with Gasteiger partial charge in [-0.3, -0.25) is 0 Å². The van der Waals surface area contributed by atoms with Crippen LogP contribution in [0.25, 0.3) is 0 Å². The molecule has 0 aromatic heterocycles. The lowest BCUT2D eigenvalue weighted by molar-refractivity contribution is 1.76. The number of halogens is 1. The van der Waals surface area contributed by atoms with Gasteiger partial charge in [0.2, 0.25) is 0 Å². The average molecular weight is 253 g/mol. The summed E-state index contributed by atoms with van der Waals surface area (Å²) in [5.41, 5.74) is 0. The monoisotopic (exact) mass is 252 g/mol. The molecule has 0 N–H and O–H groups in total. The van der Waals surface area contributed by atoms with Crippen LogP contribution in [0.3, 0.4) is 0 Å². The summed E-state index contributed by atoms with van der Waals surface area (Å²) in [6.07, 6.45) is 0. The number of rotatable bonds is 2. The maximum Gasteiger partial charge on any atom is 0.0930 e. The van der Waals surface area contributed by atoms with Crippen molar-refractivity contribution in [1.82, 2.24) is 0 Å². The zero-order valence-electron chi connectivity index (χ0n) is 8.01. The van der Waals surface area contributed by atoms with E-state index in [1.807, 2.05) is 60.7 Å². The van der Waals surface area contributed by atoms with E-state index < -0.39 is 5.39 Å². The van der Waals surface area contributed by atoms with Gasteiger partial charge in [0.1, 0.15) is 0 Å². The molecule has 15 heavy (non-hydrogen) atoms. The Morgan fingerprint density at radius 1 is 0.733 bits per heavy atom. The highest BCUT2D eigenvalue weighted by atomic mass is 35.7. The lowest BCUT2D eigenvalue weighted by Crippen LogP contribution is -2.10. The Morgan fingerprint density at radius 2 is 1.07 bits per heavy atom. The molecule has 3 heteroatoms. The van der Waals surface area contributed by atoms with Crippen LogP contribution in [0.15, 0.2) is 60.7 Å². The van der Waals surface area contributed by atoms with Crippen LogP contribution in [0.2, 0.25) is 0 Å². The van der Waals surface area contributed by atoms with Gasteiger partial charge in [0.15, 0.2) is 0 Å². The summed E-state index contributed by atoms with van der Waals surface area (Å²) in [7, 11) is 0. The van der Waals surface area contributed by atoms with Crippen molar-refractivity contribution in [1.29, 1.82) is 0 Å². The van der Waals surface area contributed by atoms with Gasteiger partial charge in [-0.2, -0.15) is 0 Å². The Bertz CT molecular complexity index is 438. The van der Waals surface area contributed by atoms with E-state index in [4.69, 9.17) is 23.0 Å². The van der Waals surface area contributed by atoms with E-state index in [-0.39, 0.29) is 0 Å². The first kappa shape index (κ1) is 10.9. The van der Waals surface area contributed by atoms with Crippen LogP contribution in [-0.2, 0) is 11.8 Å². The highest BCUT2D eigenvalue weighted by Gasteiger charge is 2.17. The quantitative estimate of drug-likeness (QED) is 0.740. The second kappa shape index (κ2) is 4.49. The van der Waals surface area contributed by atoms with Crippen molar-refractivity contribution < 1.29 is 0 Å². The molecule has 0 saturated carbocycles. The minimum atomic E-state index is -2.09. The van der Waals surface area contributed by atoms with Crippen LogP contribution >= 0.6 is 16.6 Å². The molecule has 0 fully saturated rings. The number of hydrogen-bond acceptors (Lipinski definition) is 1. The zero-order chi connectivity index (χ0) is 10.7. The van der Waals surface area contributed by atoms with E-state index >= 15 is 0 Å². The molecular formula is C12H10ClPS. The summed E-state index contributed by atoms with van der Waals surface area (Å²) >= 11 is 12.1. The van der Waals surface area contributed by atoms with Crippen LogP contribution in [0, 0.1) is 0 Å². The van der Waals surface area contributed by atoms with Gasteiger partial charge in [-0.05, 0) is 0 Å². The molecule has 2 aromatic rings. The van der Waals surface area contributed by atoms with Crippen molar-refractivity contribution in [2.45, 2.75) is 0 Å². The van der Waals surface area contributed by atoms with Gasteiger partial charge in [-0.25, -0.2) is 0 Å². The van der Waals surface area contributed by atoms with Gasteiger partial charge in [-0.1, -0.05) is 83.7 Å². The van der Waals surface area contributed by atoms with Crippen molar-refractivity contribution in [3.63, 3.8) is 0 Å². The summed E-state index contributed by atoms with van der Waals surface area (Å²) in [5, 5.41) is 0.00620. The molecule has 0 aliphatic carbocycles. The number of benzene rings is 2. The molecule has 0 unspecified atom stereocenters. The van der Waals surface area contributed by atoms with Crippen LogP contribution < -0.4 is 10.6 Å². The molecule has 76 valence electrons. The smallest absolute Gasteiger partial charge is 0.0755 e. The molecule has 0 aliphatic rings. The fraction of sp³-hybridized carbons (Fsp3) is 0. The van der Waals surface area contributed by atoms with Crippen LogP contribution in [0.1, 0.15) is 0 Å². The van der Waals surface area contributed by atoms with E-state index in [9.17, 15) is 0 Å². The first-order valence-electron chi connectivity index (χ1n) is 4.62. The normalized spacial score (nSPS) is 11.3. The first-order chi connectivity index (χ1) is 7.21. The maximum absolute atomic E-state index is 6.51. The maximum atomic E-state index is 6.51. The fourth-order valence-corrected chi connectivity index (χ4v) is 4.20. The van der Waals surface area contributed by atoms with E-state index in [1.165, 1.54) is 0 Å². The molecule has 0 spiro atoms. The number of hydrogen-bond donors (Lipinski definition) is 0. The van der Waals surface area contributed by atoms with E-state index in [1.54, 1.807) is 0 Å². The predicted molar refractivity (Wildman–Crippen MR) is 72.3 cm³/mol. The summed E-state index contributed by atoms with van der Waals surface area (Å²) in [6, 6.07) is 19.8. The molecule has 0 aliphatic heterocycles. The van der Waals surface area contributed by atoms with Crippen LogP contribution in [0.5, 0.6) is 0 Å². The van der Waals surface area contributed by atoms with Crippen LogP contribution in [0.4, 0.5) is 0 Å². The molecule has 0 atom stereocenters. The van der Waals surface area contributed by atoms with Crippen molar-refractivity contribution >= 4 is 39.0 Å². The zero-order valence-corrected chi connectivity index (χ0v) is 10.5. The Kier molecular flexibility index (Phi) is 3.25. The second-order valence-corrected chi connectivity index (χ2v) is 9.07. The predicted octanol–water partition coefficient (Wildman–Crippen LogP) is 3.27. The summed E-state index contributed by atoms with van der Waals surface area (Å²) in [6.45, 7) is 0. The van der Waals surface area contributed by atoms with Gasteiger partial charge in [0.25, 0.3) is 0 Å². The lowest BCUT2D eigenvalue weighted by Gasteiger charge is -2.14. The molecule has 0 nitrogen and oxygen atoms in total. The van der Waals surface area contributed by atoms with E-state index in [2.05, 4.69) is 0 Å². The van der Waals surface area contributed by atoms with Crippen molar-refractivity contribution in [2.24, 2.45) is 0 Å². The van der Waals surface area contributed by atoms with E-state index in [0.29, 0.717) is 0 Å². The Morgan fingerprint density at radius 3 is 1.40 bits per heavy atom. The summed E-state index contributed by atoms with van der Waals surface area (Å²) in [5.74, 6) is 0. The summed E-state index contributed by atoms with van der Waals surface area (Å²) in [4.78, 5) is 0. The summed E-state index contributed by atoms with van der Waals surface area (Å²) < 4.78 is 0. The lowest BCUT2D eigenvalue weighted by atomic mass is 10.4. The van der Waals surface area contributed by atoms with Gasteiger partial charge in [0, 0.05) is 10.6 Å². The highest BCUT2D eigenvalue weighted by molar-refractivity contribution is 8.34. The topological polar surface area (TPSA) is 0 Å². The average Bonchev–Trinajstić information content (AvgIpc) is 2.31. The van der Waals surface area contributed by atoms with Crippen molar-refractivity contribution in [3.05, 3.63) is 60.7 Å². The Labute approximate surface area is 99.7 Å². The Balaban J connectivity index is 2.50. The van der Waals surface area contributed by atoms with Gasteiger partial charge in [-0.15, -0.1) is 0 Å². The van der Waals surface area contributed by atoms with Crippen molar-refractivity contribution in [2.75, 3.05) is 0 Å². The molecule has 2 rings (SSSR count).